The molecule has 4 nitrogen and oxygen atoms in total. The van der Waals surface area contributed by atoms with Crippen LogP contribution in [0.2, 0.25) is 0 Å². The monoisotopic (exact) mass is 263 g/mol. The van der Waals surface area contributed by atoms with Crippen LogP contribution in [0.4, 0.5) is 17.6 Å². The maximum absolute atomic E-state index is 12.0. The molecule has 0 heterocycles. The highest BCUT2D eigenvalue weighted by Crippen LogP contribution is 2.12. The molecule has 0 rings (SSSR count). The standard InChI is InChI=1S/C8H16BF4O4/c10-1-5-14-9(15-6-2-11,16-7-3-12)17-8-4-13/h1-8H2/q-1. The van der Waals surface area contributed by atoms with E-state index in [0.717, 1.165) is 0 Å². The van der Waals surface area contributed by atoms with Gasteiger partial charge >= 0.3 is 6.96 Å². The van der Waals surface area contributed by atoms with Crippen LogP contribution in [0.25, 0.3) is 0 Å². The molecular weight excluding hydrogens is 247 g/mol. The first-order valence-corrected chi connectivity index (χ1v) is 5.17. The van der Waals surface area contributed by atoms with Crippen molar-refractivity contribution >= 4 is 6.96 Å². The molecule has 0 N–H and O–H groups in total. The SMILES string of the molecule is FCCO[B-](OCCF)(OCCF)OCCF. The summed E-state index contributed by atoms with van der Waals surface area (Å²) in [5.74, 6) is 0. The molecule has 0 aromatic heterocycles. The summed E-state index contributed by atoms with van der Waals surface area (Å²) in [6.07, 6.45) is 0. The van der Waals surface area contributed by atoms with Crippen LogP contribution in [0.15, 0.2) is 0 Å². The molecule has 0 spiro atoms. The van der Waals surface area contributed by atoms with Gasteiger partial charge in [-0.3, -0.25) is 0 Å². The fourth-order valence-electron chi connectivity index (χ4n) is 1.04. The van der Waals surface area contributed by atoms with Gasteiger partial charge in [0.1, 0.15) is 26.7 Å². The van der Waals surface area contributed by atoms with Crippen molar-refractivity contribution in [2.24, 2.45) is 0 Å². The minimum Gasteiger partial charge on any atom is -0.517 e. The molecule has 0 aromatic carbocycles. The quantitative estimate of drug-likeness (QED) is 0.393. The average molecular weight is 263 g/mol. The zero-order valence-corrected chi connectivity index (χ0v) is 9.38. The van der Waals surface area contributed by atoms with E-state index in [1.807, 2.05) is 0 Å². The second-order valence-corrected chi connectivity index (χ2v) is 2.82. The number of hydrogen-bond donors (Lipinski definition) is 0. The summed E-state index contributed by atoms with van der Waals surface area (Å²) in [4.78, 5) is 0. The Kier molecular flexibility index (Phi) is 10.5. The normalized spacial score (nSPS) is 12.0. The van der Waals surface area contributed by atoms with E-state index in [9.17, 15) is 17.6 Å². The molecule has 17 heavy (non-hydrogen) atoms. The van der Waals surface area contributed by atoms with Gasteiger partial charge in [-0.1, -0.05) is 0 Å². The molecule has 0 saturated heterocycles. The van der Waals surface area contributed by atoms with Crippen molar-refractivity contribution in [1.29, 1.82) is 0 Å². The Morgan fingerprint density at radius 3 is 0.941 bits per heavy atom. The van der Waals surface area contributed by atoms with Gasteiger partial charge in [0.2, 0.25) is 0 Å². The first-order chi connectivity index (χ1) is 8.24. The highest BCUT2D eigenvalue weighted by atomic mass is 19.1. The molecule has 0 atom stereocenters. The molecule has 0 amide bonds. The summed E-state index contributed by atoms with van der Waals surface area (Å²) in [7, 11) is 0. The first kappa shape index (κ1) is 16.6. The maximum atomic E-state index is 12.0. The molecular formula is C8H16BF4O4-. The van der Waals surface area contributed by atoms with Gasteiger partial charge < -0.3 is 18.6 Å². The zero-order valence-electron chi connectivity index (χ0n) is 9.38. The van der Waals surface area contributed by atoms with Crippen molar-refractivity contribution in [3.05, 3.63) is 0 Å². The van der Waals surface area contributed by atoms with Crippen molar-refractivity contribution in [2.75, 3.05) is 53.1 Å². The maximum Gasteiger partial charge on any atom is 0.531 e. The van der Waals surface area contributed by atoms with E-state index < -0.39 is 60.1 Å². The summed E-state index contributed by atoms with van der Waals surface area (Å²) in [5.41, 5.74) is 0. The summed E-state index contributed by atoms with van der Waals surface area (Å²) in [6, 6.07) is 0. The molecule has 0 aliphatic carbocycles. The third-order valence-electron chi connectivity index (χ3n) is 1.60. The van der Waals surface area contributed by atoms with Crippen LogP contribution in [0.1, 0.15) is 0 Å². The average Bonchev–Trinajstić information content (AvgIpc) is 2.37. The van der Waals surface area contributed by atoms with Crippen molar-refractivity contribution in [3.8, 4) is 0 Å². The van der Waals surface area contributed by atoms with Gasteiger partial charge in [-0.15, -0.1) is 0 Å². The van der Waals surface area contributed by atoms with Gasteiger partial charge in [0, 0.05) is 26.4 Å². The van der Waals surface area contributed by atoms with Crippen molar-refractivity contribution in [3.63, 3.8) is 0 Å². The largest absolute Gasteiger partial charge is 0.531 e. The van der Waals surface area contributed by atoms with Gasteiger partial charge in [0.15, 0.2) is 0 Å². The Bertz CT molecular complexity index is 140. The number of rotatable bonds is 12. The van der Waals surface area contributed by atoms with E-state index in [4.69, 9.17) is 18.6 Å². The summed E-state index contributed by atoms with van der Waals surface area (Å²) in [6.45, 7) is -8.17. The lowest BCUT2D eigenvalue weighted by Crippen LogP contribution is -2.51. The van der Waals surface area contributed by atoms with E-state index in [1.54, 1.807) is 0 Å². The number of halogens is 4. The van der Waals surface area contributed by atoms with Crippen LogP contribution in [-0.4, -0.2) is 60.1 Å². The van der Waals surface area contributed by atoms with Crippen molar-refractivity contribution < 1.29 is 36.2 Å². The third-order valence-corrected chi connectivity index (χ3v) is 1.60. The third kappa shape index (κ3) is 7.53. The van der Waals surface area contributed by atoms with Crippen LogP contribution >= 0.6 is 0 Å². The van der Waals surface area contributed by atoms with E-state index in [-0.39, 0.29) is 0 Å². The topological polar surface area (TPSA) is 36.9 Å². The molecule has 0 aromatic rings. The summed E-state index contributed by atoms with van der Waals surface area (Å²) < 4.78 is 67.2. The summed E-state index contributed by atoms with van der Waals surface area (Å²) in [5, 5.41) is 0. The Balaban J connectivity index is 4.39. The molecule has 0 aliphatic heterocycles. The first-order valence-electron chi connectivity index (χ1n) is 5.17. The van der Waals surface area contributed by atoms with Crippen LogP contribution in [0.5, 0.6) is 0 Å². The summed E-state index contributed by atoms with van der Waals surface area (Å²) >= 11 is 0. The number of hydrogen-bond acceptors (Lipinski definition) is 4. The van der Waals surface area contributed by atoms with Gasteiger partial charge in [-0.25, -0.2) is 17.6 Å². The van der Waals surface area contributed by atoms with Crippen LogP contribution < -0.4 is 0 Å². The fourth-order valence-corrected chi connectivity index (χ4v) is 1.04. The second-order valence-electron chi connectivity index (χ2n) is 2.82. The fraction of sp³-hybridized carbons (Fsp3) is 1.00. The van der Waals surface area contributed by atoms with Gasteiger partial charge in [-0.05, 0) is 0 Å². The Hall–Kier alpha value is -0.375. The van der Waals surface area contributed by atoms with Gasteiger partial charge in [0.25, 0.3) is 0 Å². The molecule has 0 aliphatic rings. The lowest BCUT2D eigenvalue weighted by molar-refractivity contribution is -0.0425. The number of alkyl halides is 4. The predicted molar refractivity (Wildman–Crippen MR) is 53.5 cm³/mol. The van der Waals surface area contributed by atoms with E-state index in [1.165, 1.54) is 0 Å². The van der Waals surface area contributed by atoms with Crippen LogP contribution in [-0.2, 0) is 18.6 Å². The van der Waals surface area contributed by atoms with Crippen LogP contribution in [0.3, 0.4) is 0 Å². The minimum atomic E-state index is -2.97. The molecule has 0 unspecified atom stereocenters. The minimum absolute atomic E-state index is 0.440. The van der Waals surface area contributed by atoms with E-state index in [0.29, 0.717) is 0 Å². The molecule has 0 saturated carbocycles. The molecule has 0 fully saturated rings. The zero-order chi connectivity index (χ0) is 13.0. The Labute approximate surface area is 97.2 Å². The molecule has 0 bridgehead atoms. The highest BCUT2D eigenvalue weighted by Gasteiger charge is 2.32. The molecule has 9 heteroatoms. The lowest BCUT2D eigenvalue weighted by atomic mass is 10.1. The smallest absolute Gasteiger partial charge is 0.517 e. The van der Waals surface area contributed by atoms with Gasteiger partial charge in [-0.2, -0.15) is 0 Å². The molecule has 104 valence electrons. The van der Waals surface area contributed by atoms with Gasteiger partial charge in [0.05, 0.1) is 0 Å². The Morgan fingerprint density at radius 1 is 0.529 bits per heavy atom. The Morgan fingerprint density at radius 2 is 0.765 bits per heavy atom. The predicted octanol–water partition coefficient (Wildman–Crippen LogP) is 1.37. The second kappa shape index (κ2) is 10.8. The lowest BCUT2D eigenvalue weighted by Gasteiger charge is -2.40. The molecule has 0 radical (unpaired) electrons. The van der Waals surface area contributed by atoms with Crippen LogP contribution in [0, 0.1) is 0 Å². The van der Waals surface area contributed by atoms with Crippen molar-refractivity contribution in [1.82, 2.24) is 0 Å². The van der Waals surface area contributed by atoms with E-state index in [2.05, 4.69) is 0 Å². The van der Waals surface area contributed by atoms with E-state index >= 15 is 0 Å². The highest BCUT2D eigenvalue weighted by molar-refractivity contribution is 6.53. The van der Waals surface area contributed by atoms with Crippen molar-refractivity contribution in [2.45, 2.75) is 0 Å².